The normalized spacial score (nSPS) is 16.6. The molecule has 0 radical (unpaired) electrons. The Morgan fingerprint density at radius 1 is 0.409 bits per heavy atom. The first kappa shape index (κ1) is 104. The summed E-state index contributed by atoms with van der Waals surface area (Å²) >= 11 is 0. The summed E-state index contributed by atoms with van der Waals surface area (Å²) < 4.78 is 72.9. The molecule has 5 N–H and O–H groups in total. The molecule has 115 heavy (non-hydrogen) atoms. The molecule has 2 aromatic rings. The van der Waals surface area contributed by atoms with Crippen molar-refractivity contribution in [3.63, 3.8) is 0 Å². The van der Waals surface area contributed by atoms with Gasteiger partial charge in [0.25, 0.3) is 0 Å². The van der Waals surface area contributed by atoms with Crippen LogP contribution in [0.1, 0.15) is 408 Å². The van der Waals surface area contributed by atoms with Gasteiger partial charge in [-0.15, -0.1) is 0 Å². The molecule has 21 nitrogen and oxygen atoms in total. The second-order valence-corrected chi connectivity index (χ2v) is 33.8. The maximum Gasteiger partial charge on any atom is 0.588 e. The molecule has 0 saturated carbocycles. The third-order valence-electron chi connectivity index (χ3n) is 21.7. The van der Waals surface area contributed by atoms with Gasteiger partial charge in [-0.2, -0.15) is 0 Å². The van der Waals surface area contributed by atoms with Gasteiger partial charge in [0.05, 0.1) is 32.5 Å². The highest BCUT2D eigenvalue weighted by Gasteiger charge is 2.54. The number of benzene rings is 2. The minimum Gasteiger partial charge on any atom is -0.462 e. The summed E-state index contributed by atoms with van der Waals surface area (Å²) in [6.07, 6.45) is 39.5. The molecule has 22 heteroatoms. The number of aliphatic hydroxyl groups is 1. The number of nitrogens with two attached hydrogens (primary N) is 1. The van der Waals surface area contributed by atoms with Gasteiger partial charge in [0.2, 0.25) is 17.7 Å². The average Bonchev–Trinajstić information content (AvgIpc) is 0.772. The largest absolute Gasteiger partial charge is 0.588 e. The average molecular weight is 1640 g/mol. The van der Waals surface area contributed by atoms with Crippen molar-refractivity contribution in [2.75, 3.05) is 13.2 Å². The topological polar surface area (TPSA) is 290 Å². The van der Waals surface area contributed by atoms with Crippen molar-refractivity contribution in [1.82, 2.24) is 10.6 Å². The third kappa shape index (κ3) is 52.8. The number of primary amides is 1. The van der Waals surface area contributed by atoms with E-state index >= 15 is 14.2 Å². The molecule has 0 spiro atoms. The predicted molar refractivity (Wildman–Crippen MR) is 458 cm³/mol. The number of aliphatic hydroxyl groups excluding tert-OH is 1. The SMILES string of the molecule is CCCCCCCCCCC[C@H](CC(=O)N[C@@H](COC1O[C@H](CO)[C@@H](OP(=O)(Oc2ccccc2)Oc2ccccc2)[C@H](OC(=O)C[C@@H](CCCCCCCCCCC)OC(=O)CCCCCCCCC)[C@H]1NC(=O)C[C@@H](CCCCCCCCCCC)OC(=O)CCCCCCCCC)C(N)=O)OC(=O)CCCCCCCCC. The lowest BCUT2D eigenvalue weighted by Crippen LogP contribution is -2.67. The minimum atomic E-state index is -5.05. The first-order valence-electron chi connectivity index (χ1n) is 46.3. The van der Waals surface area contributed by atoms with Crippen LogP contribution in [0.25, 0.3) is 0 Å². The number of nitrogens with one attached hydrogen (secondary N) is 2. The number of phosphoric acid groups is 1. The van der Waals surface area contributed by atoms with Crippen molar-refractivity contribution >= 4 is 49.4 Å². The molecule has 1 saturated heterocycles. The number of hydrogen-bond donors (Lipinski definition) is 4. The quantitative estimate of drug-likeness (QED) is 0.0207. The molecule has 1 fully saturated rings. The van der Waals surface area contributed by atoms with Crippen LogP contribution in [0.3, 0.4) is 0 Å². The van der Waals surface area contributed by atoms with Gasteiger partial charge in [0.15, 0.2) is 12.4 Å². The van der Waals surface area contributed by atoms with Gasteiger partial charge in [-0.3, -0.25) is 38.1 Å². The fourth-order valence-electron chi connectivity index (χ4n) is 14.8. The number of unbranched alkanes of at least 4 members (excludes halogenated alkanes) is 42. The molecule has 1 aliphatic heterocycles. The van der Waals surface area contributed by atoms with Gasteiger partial charge in [-0.05, 0) is 82.1 Å². The lowest BCUT2D eigenvalue weighted by molar-refractivity contribution is -0.271. The number of amides is 3. The molecule has 2 aromatic carbocycles. The molecule has 1 unspecified atom stereocenters. The predicted octanol–water partition coefficient (Wildman–Crippen LogP) is 22.8. The highest BCUT2D eigenvalue weighted by atomic mass is 31.2. The Kier molecular flexibility index (Phi) is 62.4. The second-order valence-electron chi connectivity index (χ2n) is 32.4. The summed E-state index contributed by atoms with van der Waals surface area (Å²) in [6, 6.07) is 12.9. The van der Waals surface area contributed by atoms with E-state index in [0.29, 0.717) is 57.8 Å². The molecule has 1 heterocycles. The maximum absolute atomic E-state index is 15.8. The lowest BCUT2D eigenvalue weighted by atomic mass is 9.95. The Morgan fingerprint density at radius 3 is 1.05 bits per heavy atom. The van der Waals surface area contributed by atoms with E-state index in [9.17, 15) is 29.1 Å². The fraction of sp³-hybridized carbons (Fsp3) is 0.796. The van der Waals surface area contributed by atoms with E-state index in [4.69, 9.17) is 47.7 Å². The van der Waals surface area contributed by atoms with Crippen LogP contribution in [0, 0.1) is 0 Å². The summed E-state index contributed by atoms with van der Waals surface area (Å²) in [5, 5.41) is 17.3. The molecule has 0 aromatic heterocycles. The third-order valence-corrected chi connectivity index (χ3v) is 23.0. The van der Waals surface area contributed by atoms with Gasteiger partial charge < -0.3 is 58.9 Å². The van der Waals surface area contributed by atoms with Crippen molar-refractivity contribution in [3.8, 4) is 11.5 Å². The summed E-state index contributed by atoms with van der Waals surface area (Å²) in [5.74, 6) is -4.56. The van der Waals surface area contributed by atoms with Crippen molar-refractivity contribution in [2.24, 2.45) is 5.73 Å². The molecule has 3 rings (SSSR count). The van der Waals surface area contributed by atoms with Gasteiger partial charge in [-0.25, -0.2) is 4.57 Å². The Morgan fingerprint density at radius 2 is 0.722 bits per heavy atom. The van der Waals surface area contributed by atoms with Crippen LogP contribution in [0.2, 0.25) is 0 Å². The molecule has 3 amide bonds. The van der Waals surface area contributed by atoms with Gasteiger partial charge in [0, 0.05) is 19.3 Å². The van der Waals surface area contributed by atoms with E-state index < -0.39 is 124 Å². The Bertz CT molecular complexity index is 2780. The van der Waals surface area contributed by atoms with E-state index in [1.165, 1.54) is 82.1 Å². The van der Waals surface area contributed by atoms with Crippen LogP contribution >= 0.6 is 7.82 Å². The molecule has 1 aliphatic rings. The van der Waals surface area contributed by atoms with Gasteiger partial charge in [0.1, 0.15) is 54.1 Å². The van der Waals surface area contributed by atoms with Crippen molar-refractivity contribution < 1.29 is 85.2 Å². The van der Waals surface area contributed by atoms with Crippen LogP contribution in [0.5, 0.6) is 11.5 Å². The zero-order valence-electron chi connectivity index (χ0n) is 72.6. The first-order chi connectivity index (χ1) is 56.0. The zero-order chi connectivity index (χ0) is 83.5. The second kappa shape index (κ2) is 69.2. The van der Waals surface area contributed by atoms with Crippen molar-refractivity contribution in [2.45, 2.75) is 463 Å². The summed E-state index contributed by atoms with van der Waals surface area (Å²) in [7, 11) is -5.05. The van der Waals surface area contributed by atoms with Crippen LogP contribution in [0.4, 0.5) is 0 Å². The molecule has 0 aliphatic carbocycles. The van der Waals surface area contributed by atoms with E-state index in [1.54, 1.807) is 36.4 Å². The molecule has 0 bridgehead atoms. The van der Waals surface area contributed by atoms with Crippen LogP contribution in [-0.2, 0) is 71.1 Å². The number of carbonyl (C=O) groups is 7. The Hall–Kier alpha value is -5.60. The van der Waals surface area contributed by atoms with Crippen LogP contribution in [0.15, 0.2) is 60.7 Å². The van der Waals surface area contributed by atoms with E-state index in [0.717, 1.165) is 212 Å². The number of ether oxygens (including phenoxy) is 6. The fourth-order valence-corrected chi connectivity index (χ4v) is 16.2. The number of para-hydroxylation sites is 2. The number of rotatable bonds is 77. The molecular weight excluding hydrogens is 1480 g/mol. The number of carbonyl (C=O) groups excluding carboxylic acids is 7. The van der Waals surface area contributed by atoms with E-state index in [1.807, 2.05) is 0 Å². The van der Waals surface area contributed by atoms with E-state index in [2.05, 4.69) is 52.2 Å². The van der Waals surface area contributed by atoms with Crippen molar-refractivity contribution in [1.29, 1.82) is 0 Å². The number of esters is 4. The zero-order valence-corrected chi connectivity index (χ0v) is 73.5. The highest BCUT2D eigenvalue weighted by Crippen LogP contribution is 2.52. The number of hydrogen-bond acceptors (Lipinski definition) is 18. The summed E-state index contributed by atoms with van der Waals surface area (Å²) in [6.45, 7) is 11.4. The smallest absolute Gasteiger partial charge is 0.462 e. The maximum atomic E-state index is 15.8. The molecule has 660 valence electrons. The van der Waals surface area contributed by atoms with Gasteiger partial charge >= 0.3 is 31.7 Å². The summed E-state index contributed by atoms with van der Waals surface area (Å²) in [4.78, 5) is 100. The Balaban J connectivity index is 2.24. The van der Waals surface area contributed by atoms with Crippen molar-refractivity contribution in [3.05, 3.63) is 60.7 Å². The van der Waals surface area contributed by atoms with Crippen LogP contribution in [-0.4, -0.2) is 115 Å². The minimum absolute atomic E-state index is 0.0480. The van der Waals surface area contributed by atoms with E-state index in [-0.39, 0.29) is 43.6 Å². The summed E-state index contributed by atoms with van der Waals surface area (Å²) in [5.41, 5.74) is 6.13. The Labute approximate surface area is 695 Å². The lowest BCUT2D eigenvalue weighted by Gasteiger charge is -2.45. The first-order valence-corrected chi connectivity index (χ1v) is 47.8. The highest BCUT2D eigenvalue weighted by molar-refractivity contribution is 7.49. The molecular formula is C93H160N3O18P. The monoisotopic (exact) mass is 1640 g/mol. The number of phosphoric ester groups is 1. The van der Waals surface area contributed by atoms with Crippen LogP contribution < -0.4 is 25.4 Å². The van der Waals surface area contributed by atoms with Gasteiger partial charge in [-0.1, -0.05) is 348 Å². The standard InChI is InChI=1S/C93H160N3O18P/c1-7-13-19-25-31-34-40-43-51-65-78(107-85(100)68-58-46-37-28-22-16-10-4)71-83(98)95-81(92(94)104)75-106-93-89(96-84(99)72-79(66-52-44-41-35-32-26-20-14-8-2)108-86(101)69-59-47-38-29-23-17-11-5)91(90(82(74-97)110-93)114-115(105,112-76-61-54-49-55-62-76)113-77-63-56-50-57-64-77)111-88(103)73-80(67-53-45-42-36-33-27-21-15-9-3)109-87(102)70-60-48-39-30-24-18-12-6/h49-50,54-57,61-64,78-82,89-91,93,97H,7-48,51-53,58-60,65-75H2,1-6H3,(H2,94,104)(H,95,98)(H,96,99)/t78-,79-,80-,81+,82-,89-,90-,91-,93?/m1/s1. The molecule has 9 atom stereocenters.